The van der Waals surface area contributed by atoms with Crippen molar-refractivity contribution in [1.29, 1.82) is 0 Å². The van der Waals surface area contributed by atoms with Crippen molar-refractivity contribution < 1.29 is 4.74 Å². The fourth-order valence-electron chi connectivity index (χ4n) is 2.95. The SMILES string of the molecule is COc1ccccc1CN(C)c1cc(C2CC(N)C2)nc(N)n1. The lowest BCUT2D eigenvalue weighted by Crippen LogP contribution is -2.35. The summed E-state index contributed by atoms with van der Waals surface area (Å²) in [5.74, 6) is 2.39. The number of anilines is 2. The van der Waals surface area contributed by atoms with Gasteiger partial charge in [-0.2, -0.15) is 4.98 Å². The fourth-order valence-corrected chi connectivity index (χ4v) is 2.95. The molecular weight excluding hydrogens is 290 g/mol. The third-order valence-electron chi connectivity index (χ3n) is 4.33. The summed E-state index contributed by atoms with van der Waals surface area (Å²) in [4.78, 5) is 10.8. The Labute approximate surface area is 136 Å². The minimum Gasteiger partial charge on any atom is -0.496 e. The highest BCUT2D eigenvalue weighted by molar-refractivity contribution is 5.46. The lowest BCUT2D eigenvalue weighted by molar-refractivity contribution is 0.345. The number of rotatable bonds is 5. The number of benzene rings is 1. The molecule has 1 fully saturated rings. The van der Waals surface area contributed by atoms with Gasteiger partial charge in [0.2, 0.25) is 5.95 Å². The van der Waals surface area contributed by atoms with Gasteiger partial charge in [0.25, 0.3) is 0 Å². The Morgan fingerprint density at radius 3 is 2.70 bits per heavy atom. The average Bonchev–Trinajstić information content (AvgIpc) is 2.51. The summed E-state index contributed by atoms with van der Waals surface area (Å²) in [5.41, 5.74) is 13.9. The van der Waals surface area contributed by atoms with Crippen LogP contribution in [-0.2, 0) is 6.54 Å². The first-order chi connectivity index (χ1) is 11.1. The maximum Gasteiger partial charge on any atom is 0.222 e. The second-order valence-electron chi connectivity index (χ2n) is 6.11. The van der Waals surface area contributed by atoms with Crippen LogP contribution in [0, 0.1) is 0 Å². The van der Waals surface area contributed by atoms with E-state index in [1.54, 1.807) is 7.11 Å². The summed E-state index contributed by atoms with van der Waals surface area (Å²) in [5, 5.41) is 0. The number of methoxy groups -OCH3 is 1. The van der Waals surface area contributed by atoms with Gasteiger partial charge < -0.3 is 21.1 Å². The number of ether oxygens (including phenoxy) is 1. The van der Waals surface area contributed by atoms with E-state index in [1.165, 1.54) is 0 Å². The number of hydrogen-bond donors (Lipinski definition) is 2. The van der Waals surface area contributed by atoms with Crippen molar-refractivity contribution >= 4 is 11.8 Å². The predicted octanol–water partition coefficient (Wildman–Crippen LogP) is 1.91. The molecule has 0 atom stereocenters. The van der Waals surface area contributed by atoms with E-state index in [-0.39, 0.29) is 6.04 Å². The molecule has 0 bridgehead atoms. The fraction of sp³-hybridized carbons (Fsp3) is 0.412. The third-order valence-corrected chi connectivity index (χ3v) is 4.33. The summed E-state index contributed by atoms with van der Waals surface area (Å²) < 4.78 is 5.41. The van der Waals surface area contributed by atoms with E-state index in [9.17, 15) is 0 Å². The highest BCUT2D eigenvalue weighted by atomic mass is 16.5. The van der Waals surface area contributed by atoms with Gasteiger partial charge in [0.05, 0.1) is 12.8 Å². The molecule has 0 radical (unpaired) electrons. The molecule has 122 valence electrons. The molecular formula is C17H23N5O. The highest BCUT2D eigenvalue weighted by Crippen LogP contribution is 2.36. The van der Waals surface area contributed by atoms with Crippen LogP contribution in [0.2, 0.25) is 0 Å². The van der Waals surface area contributed by atoms with E-state index >= 15 is 0 Å². The molecule has 6 heteroatoms. The number of nitrogens with zero attached hydrogens (tertiary/aromatic N) is 3. The van der Waals surface area contributed by atoms with Crippen LogP contribution in [0.25, 0.3) is 0 Å². The minimum absolute atomic E-state index is 0.283. The van der Waals surface area contributed by atoms with Gasteiger partial charge in [0, 0.05) is 37.2 Å². The van der Waals surface area contributed by atoms with Crippen molar-refractivity contribution in [2.24, 2.45) is 5.73 Å². The van der Waals surface area contributed by atoms with Gasteiger partial charge in [0.15, 0.2) is 0 Å². The Kier molecular flexibility index (Phi) is 4.34. The molecule has 2 aromatic rings. The monoisotopic (exact) mass is 313 g/mol. The van der Waals surface area contributed by atoms with Gasteiger partial charge >= 0.3 is 0 Å². The van der Waals surface area contributed by atoms with Gasteiger partial charge in [-0.15, -0.1) is 0 Å². The molecule has 23 heavy (non-hydrogen) atoms. The Bertz CT molecular complexity index is 684. The highest BCUT2D eigenvalue weighted by Gasteiger charge is 2.29. The van der Waals surface area contributed by atoms with Crippen molar-refractivity contribution in [3.8, 4) is 5.75 Å². The van der Waals surface area contributed by atoms with Crippen LogP contribution in [0.3, 0.4) is 0 Å². The predicted molar refractivity (Wildman–Crippen MR) is 91.5 cm³/mol. The first kappa shape index (κ1) is 15.6. The molecule has 1 aromatic heterocycles. The Hall–Kier alpha value is -2.34. The molecule has 0 spiro atoms. The molecule has 0 unspecified atom stereocenters. The Balaban J connectivity index is 1.80. The van der Waals surface area contributed by atoms with Crippen LogP contribution >= 0.6 is 0 Å². The summed E-state index contributed by atoms with van der Waals surface area (Å²) >= 11 is 0. The maximum atomic E-state index is 5.89. The van der Waals surface area contributed by atoms with Crippen molar-refractivity contribution in [2.45, 2.75) is 31.3 Å². The third kappa shape index (κ3) is 3.37. The van der Waals surface area contributed by atoms with Crippen LogP contribution in [-0.4, -0.2) is 30.2 Å². The molecule has 3 rings (SSSR count). The van der Waals surface area contributed by atoms with Gasteiger partial charge in [-0.05, 0) is 18.9 Å². The van der Waals surface area contributed by atoms with Gasteiger partial charge in [-0.25, -0.2) is 4.98 Å². The molecule has 1 aliphatic carbocycles. The topological polar surface area (TPSA) is 90.3 Å². The number of para-hydroxylation sites is 1. The zero-order valence-electron chi connectivity index (χ0n) is 13.6. The lowest BCUT2D eigenvalue weighted by atomic mass is 9.78. The molecule has 4 N–H and O–H groups in total. The van der Waals surface area contributed by atoms with Crippen LogP contribution in [0.1, 0.15) is 30.0 Å². The van der Waals surface area contributed by atoms with E-state index in [4.69, 9.17) is 16.2 Å². The second-order valence-corrected chi connectivity index (χ2v) is 6.11. The number of nitrogen functional groups attached to an aromatic ring is 1. The van der Waals surface area contributed by atoms with Gasteiger partial charge in [-0.1, -0.05) is 18.2 Å². The summed E-state index contributed by atoms with van der Waals surface area (Å²) in [6.07, 6.45) is 1.93. The first-order valence-electron chi connectivity index (χ1n) is 7.80. The van der Waals surface area contributed by atoms with E-state index in [2.05, 4.69) is 14.9 Å². The summed E-state index contributed by atoms with van der Waals surface area (Å²) in [7, 11) is 3.67. The molecule has 0 amide bonds. The molecule has 1 aliphatic rings. The molecule has 1 aromatic carbocycles. The summed E-state index contributed by atoms with van der Waals surface area (Å²) in [6, 6.07) is 10.3. The molecule has 0 aliphatic heterocycles. The Morgan fingerprint density at radius 2 is 2.00 bits per heavy atom. The minimum atomic E-state index is 0.283. The zero-order chi connectivity index (χ0) is 16.4. The van der Waals surface area contributed by atoms with E-state index < -0.39 is 0 Å². The largest absolute Gasteiger partial charge is 0.496 e. The quantitative estimate of drug-likeness (QED) is 0.876. The van der Waals surface area contributed by atoms with Gasteiger partial charge in [-0.3, -0.25) is 0 Å². The van der Waals surface area contributed by atoms with Crippen LogP contribution in [0.4, 0.5) is 11.8 Å². The second kappa shape index (κ2) is 6.42. The molecule has 1 saturated carbocycles. The average molecular weight is 313 g/mol. The lowest BCUT2D eigenvalue weighted by Gasteiger charge is -2.32. The zero-order valence-corrected chi connectivity index (χ0v) is 13.6. The van der Waals surface area contributed by atoms with Crippen LogP contribution in [0.15, 0.2) is 30.3 Å². The van der Waals surface area contributed by atoms with E-state index in [0.717, 1.165) is 35.7 Å². The van der Waals surface area contributed by atoms with Gasteiger partial charge in [0.1, 0.15) is 11.6 Å². The van der Waals surface area contributed by atoms with Crippen LogP contribution < -0.4 is 21.1 Å². The van der Waals surface area contributed by atoms with Crippen LogP contribution in [0.5, 0.6) is 5.75 Å². The van der Waals surface area contributed by atoms with Crippen molar-refractivity contribution in [3.05, 3.63) is 41.6 Å². The smallest absolute Gasteiger partial charge is 0.222 e. The number of aromatic nitrogens is 2. The maximum absolute atomic E-state index is 5.89. The first-order valence-corrected chi connectivity index (χ1v) is 7.80. The number of hydrogen-bond acceptors (Lipinski definition) is 6. The van der Waals surface area contributed by atoms with Crippen molar-refractivity contribution in [1.82, 2.24) is 9.97 Å². The van der Waals surface area contributed by atoms with E-state index in [0.29, 0.717) is 18.4 Å². The molecule has 1 heterocycles. The summed E-state index contributed by atoms with van der Waals surface area (Å²) in [6.45, 7) is 0.685. The number of nitrogens with two attached hydrogens (primary N) is 2. The molecule has 6 nitrogen and oxygen atoms in total. The van der Waals surface area contributed by atoms with E-state index in [1.807, 2.05) is 37.4 Å². The van der Waals surface area contributed by atoms with Crippen molar-refractivity contribution in [3.63, 3.8) is 0 Å². The normalized spacial score (nSPS) is 20.0. The van der Waals surface area contributed by atoms with Crippen molar-refractivity contribution in [2.75, 3.05) is 24.8 Å². The standard InChI is InChI=1S/C17H23N5O/c1-22(10-11-5-3-4-6-15(11)23-2)16-9-14(20-17(19)21-16)12-7-13(18)8-12/h3-6,9,12-13H,7-8,10,18H2,1-2H3,(H2,19,20,21). The Morgan fingerprint density at radius 1 is 1.26 bits per heavy atom. The molecule has 0 saturated heterocycles.